The third-order valence-electron chi connectivity index (χ3n) is 4.40. The molecule has 1 aromatic rings. The van der Waals surface area contributed by atoms with Crippen molar-refractivity contribution < 1.29 is 9.53 Å². The fourth-order valence-electron chi connectivity index (χ4n) is 2.98. The number of benzene rings is 1. The van der Waals surface area contributed by atoms with E-state index in [4.69, 9.17) is 4.74 Å². The first kappa shape index (κ1) is 24.1. The minimum atomic E-state index is -0.0176. The van der Waals surface area contributed by atoms with Crippen molar-refractivity contribution in [1.29, 1.82) is 0 Å². The molecule has 0 aromatic heterocycles. The van der Waals surface area contributed by atoms with Crippen molar-refractivity contribution in [2.24, 2.45) is 0 Å². The van der Waals surface area contributed by atoms with Crippen LogP contribution in [0.3, 0.4) is 0 Å². The maximum atomic E-state index is 12.3. The Morgan fingerprint density at radius 1 is 1.20 bits per heavy atom. The lowest BCUT2D eigenvalue weighted by molar-refractivity contribution is -0.135. The maximum absolute atomic E-state index is 12.3. The molecule has 1 aromatic carbocycles. The molecule has 0 bridgehead atoms. The first-order valence-corrected chi connectivity index (χ1v) is 8.29. The topological polar surface area (TPSA) is 44.8 Å². The number of ether oxygens (including phenoxy) is 1. The summed E-state index contributed by atoms with van der Waals surface area (Å²) in [5, 5.41) is 3.13. The molecule has 1 fully saturated rings. The summed E-state index contributed by atoms with van der Waals surface area (Å²) in [5.74, 6) is 0.175. The molecular weight excluding hydrogens is 361 g/mol. The number of nitrogens with one attached hydrogen (secondary N) is 1. The van der Waals surface area contributed by atoms with E-state index in [1.807, 2.05) is 11.0 Å². The Morgan fingerprint density at radius 2 is 1.88 bits per heavy atom. The van der Waals surface area contributed by atoms with Gasteiger partial charge in [0.25, 0.3) is 0 Å². The number of carbonyl (C=O) groups is 1. The minimum absolute atomic E-state index is 0. The largest absolute Gasteiger partial charge is 0.383 e. The number of hydrogen-bond acceptors (Lipinski definition) is 4. The molecule has 1 aliphatic rings. The molecule has 0 saturated carbocycles. The van der Waals surface area contributed by atoms with Gasteiger partial charge in [0, 0.05) is 45.4 Å². The quantitative estimate of drug-likeness (QED) is 0.723. The Balaban J connectivity index is 0.00000288. The average Bonchev–Trinajstić information content (AvgIpc) is 2.54. The van der Waals surface area contributed by atoms with Crippen molar-refractivity contribution in [3.63, 3.8) is 0 Å². The molecule has 0 spiro atoms. The van der Waals surface area contributed by atoms with Crippen molar-refractivity contribution in [3.05, 3.63) is 35.9 Å². The summed E-state index contributed by atoms with van der Waals surface area (Å²) in [6.45, 7) is 9.56. The monoisotopic (exact) mass is 391 g/mol. The summed E-state index contributed by atoms with van der Waals surface area (Å²) in [6.07, 6.45) is 0. The van der Waals surface area contributed by atoms with Gasteiger partial charge in [-0.2, -0.15) is 0 Å². The van der Waals surface area contributed by atoms with Crippen LogP contribution in [0.2, 0.25) is 0 Å². The van der Waals surface area contributed by atoms with Gasteiger partial charge in [-0.05, 0) is 19.4 Å². The molecule has 1 aliphatic heterocycles. The van der Waals surface area contributed by atoms with E-state index in [9.17, 15) is 4.79 Å². The van der Waals surface area contributed by atoms with E-state index in [-0.39, 0.29) is 36.3 Å². The van der Waals surface area contributed by atoms with E-state index in [0.29, 0.717) is 19.7 Å². The molecule has 7 heteroatoms. The average molecular weight is 392 g/mol. The van der Waals surface area contributed by atoms with Crippen LogP contribution >= 0.6 is 24.8 Å². The molecule has 0 aliphatic carbocycles. The third kappa shape index (κ3) is 7.50. The van der Waals surface area contributed by atoms with Crippen LogP contribution in [-0.4, -0.2) is 67.7 Å². The number of rotatable bonds is 7. The summed E-state index contributed by atoms with van der Waals surface area (Å²) in [7, 11) is 1.66. The standard InChI is InChI=1S/C18H29N3O2.2ClH/c1-18(2)15-20(17(22)13-19-9-12-23-3)10-11-21(18)14-16-7-5-4-6-8-16;;/h4-8,19H,9-15H2,1-3H3;2*1H. The second-order valence-corrected chi connectivity index (χ2v) is 6.70. The lowest BCUT2D eigenvalue weighted by atomic mass is 9.97. The van der Waals surface area contributed by atoms with Crippen LogP contribution in [0.4, 0.5) is 0 Å². The Bertz CT molecular complexity index is 500. The molecule has 1 saturated heterocycles. The van der Waals surface area contributed by atoms with Crippen molar-refractivity contribution >= 4 is 30.7 Å². The summed E-state index contributed by atoms with van der Waals surface area (Å²) < 4.78 is 4.98. The molecular formula is C18H31Cl2N3O2. The predicted molar refractivity (Wildman–Crippen MR) is 107 cm³/mol. The van der Waals surface area contributed by atoms with Gasteiger partial charge in [-0.3, -0.25) is 9.69 Å². The van der Waals surface area contributed by atoms with Crippen LogP contribution in [0.1, 0.15) is 19.4 Å². The Kier molecular flexibility index (Phi) is 11.3. The second kappa shape index (κ2) is 11.7. The first-order chi connectivity index (χ1) is 11.0. The highest BCUT2D eigenvalue weighted by Crippen LogP contribution is 2.23. The van der Waals surface area contributed by atoms with Crippen LogP contribution < -0.4 is 5.32 Å². The number of methoxy groups -OCH3 is 1. The van der Waals surface area contributed by atoms with E-state index in [2.05, 4.69) is 48.3 Å². The fourth-order valence-corrected chi connectivity index (χ4v) is 2.98. The number of amides is 1. The lowest BCUT2D eigenvalue weighted by Crippen LogP contribution is -2.60. The third-order valence-corrected chi connectivity index (χ3v) is 4.40. The van der Waals surface area contributed by atoms with Crippen LogP contribution in [0.15, 0.2) is 30.3 Å². The summed E-state index contributed by atoms with van der Waals surface area (Å²) >= 11 is 0. The van der Waals surface area contributed by atoms with Gasteiger partial charge in [-0.1, -0.05) is 30.3 Å². The molecule has 0 radical (unpaired) electrons. The van der Waals surface area contributed by atoms with Gasteiger partial charge < -0.3 is 15.0 Å². The molecule has 5 nitrogen and oxygen atoms in total. The van der Waals surface area contributed by atoms with E-state index in [1.54, 1.807) is 7.11 Å². The molecule has 0 atom stereocenters. The smallest absolute Gasteiger partial charge is 0.236 e. The van der Waals surface area contributed by atoms with Gasteiger partial charge in [0.2, 0.25) is 5.91 Å². The first-order valence-electron chi connectivity index (χ1n) is 8.29. The van der Waals surface area contributed by atoms with Crippen molar-refractivity contribution in [2.45, 2.75) is 25.9 Å². The van der Waals surface area contributed by atoms with E-state index < -0.39 is 0 Å². The summed E-state index contributed by atoms with van der Waals surface area (Å²) in [6, 6.07) is 10.5. The molecule has 1 N–H and O–H groups in total. The molecule has 25 heavy (non-hydrogen) atoms. The van der Waals surface area contributed by atoms with Crippen LogP contribution in [0.25, 0.3) is 0 Å². The van der Waals surface area contributed by atoms with Crippen LogP contribution in [-0.2, 0) is 16.1 Å². The van der Waals surface area contributed by atoms with E-state index >= 15 is 0 Å². The lowest BCUT2D eigenvalue weighted by Gasteiger charge is -2.47. The zero-order chi connectivity index (χ0) is 16.7. The van der Waals surface area contributed by atoms with Crippen LogP contribution in [0.5, 0.6) is 0 Å². The van der Waals surface area contributed by atoms with E-state index in [1.165, 1.54) is 5.56 Å². The van der Waals surface area contributed by atoms with Gasteiger partial charge in [0.15, 0.2) is 0 Å². The SMILES string of the molecule is COCCNCC(=O)N1CCN(Cc2ccccc2)C(C)(C)C1.Cl.Cl. The minimum Gasteiger partial charge on any atom is -0.383 e. The summed E-state index contributed by atoms with van der Waals surface area (Å²) in [4.78, 5) is 16.8. The van der Waals surface area contributed by atoms with Crippen molar-refractivity contribution in [2.75, 3.05) is 46.4 Å². The number of halogens is 2. The molecule has 1 amide bonds. The van der Waals surface area contributed by atoms with Gasteiger partial charge in [0.05, 0.1) is 13.2 Å². The highest BCUT2D eigenvalue weighted by atomic mass is 35.5. The van der Waals surface area contributed by atoms with Crippen molar-refractivity contribution in [1.82, 2.24) is 15.1 Å². The number of carbonyl (C=O) groups excluding carboxylic acids is 1. The van der Waals surface area contributed by atoms with Gasteiger partial charge in [-0.15, -0.1) is 24.8 Å². The van der Waals surface area contributed by atoms with Crippen LogP contribution in [0, 0.1) is 0 Å². The number of hydrogen-bond donors (Lipinski definition) is 1. The number of piperazine rings is 1. The van der Waals surface area contributed by atoms with E-state index in [0.717, 1.165) is 26.2 Å². The highest BCUT2D eigenvalue weighted by molar-refractivity contribution is 5.85. The molecule has 144 valence electrons. The highest BCUT2D eigenvalue weighted by Gasteiger charge is 2.35. The molecule has 2 rings (SSSR count). The van der Waals surface area contributed by atoms with Crippen molar-refractivity contribution in [3.8, 4) is 0 Å². The second-order valence-electron chi connectivity index (χ2n) is 6.70. The maximum Gasteiger partial charge on any atom is 0.236 e. The predicted octanol–water partition coefficient (Wildman–Crippen LogP) is 2.19. The Morgan fingerprint density at radius 3 is 2.48 bits per heavy atom. The molecule has 0 unspecified atom stereocenters. The van der Waals surface area contributed by atoms with Gasteiger partial charge >= 0.3 is 0 Å². The van der Waals surface area contributed by atoms with Gasteiger partial charge in [0.1, 0.15) is 0 Å². The number of nitrogens with zero attached hydrogens (tertiary/aromatic N) is 2. The Labute approximate surface area is 163 Å². The zero-order valence-corrected chi connectivity index (χ0v) is 17.0. The normalized spacial score (nSPS) is 16.7. The molecule has 1 heterocycles. The zero-order valence-electron chi connectivity index (χ0n) is 15.4. The fraction of sp³-hybridized carbons (Fsp3) is 0.611. The Hall–Kier alpha value is -0.850. The summed E-state index contributed by atoms with van der Waals surface area (Å²) in [5.41, 5.74) is 1.30. The van der Waals surface area contributed by atoms with Gasteiger partial charge in [-0.25, -0.2) is 0 Å².